The molecule has 1 aromatic heterocycles. The molecule has 4 rings (SSSR count). The average molecular weight is 455 g/mol. The fourth-order valence-corrected chi connectivity index (χ4v) is 4.19. The molecule has 9 heteroatoms. The van der Waals surface area contributed by atoms with Gasteiger partial charge >= 0.3 is 0 Å². The van der Waals surface area contributed by atoms with Crippen molar-refractivity contribution < 1.29 is 4.79 Å². The minimum absolute atomic E-state index is 0. The van der Waals surface area contributed by atoms with Crippen molar-refractivity contribution in [2.45, 2.75) is 45.1 Å². The molecular formula is C21H32Cl2N6O. The summed E-state index contributed by atoms with van der Waals surface area (Å²) in [5, 5.41) is 14.7. The Bertz CT molecular complexity index is 798. The lowest BCUT2D eigenvalue weighted by Crippen LogP contribution is -2.30. The Kier molecular flexibility index (Phi) is 9.55. The van der Waals surface area contributed by atoms with Gasteiger partial charge in [0.1, 0.15) is 0 Å². The fraction of sp³-hybridized carbons (Fsp3) is 0.571. The number of amides is 1. The number of halogens is 2. The molecule has 2 saturated heterocycles. The molecule has 166 valence electrons. The van der Waals surface area contributed by atoms with E-state index in [0.717, 1.165) is 50.3 Å². The first-order valence-corrected chi connectivity index (χ1v) is 10.5. The highest BCUT2D eigenvalue weighted by molar-refractivity contribution is 6.03. The van der Waals surface area contributed by atoms with Gasteiger partial charge < -0.3 is 15.5 Å². The molecule has 2 N–H and O–H groups in total. The van der Waals surface area contributed by atoms with E-state index in [1.807, 2.05) is 23.7 Å². The van der Waals surface area contributed by atoms with Crippen LogP contribution in [-0.2, 0) is 6.42 Å². The molecule has 2 aromatic rings. The summed E-state index contributed by atoms with van der Waals surface area (Å²) in [7, 11) is 0. The van der Waals surface area contributed by atoms with Crippen molar-refractivity contribution in [1.82, 2.24) is 25.2 Å². The number of benzene rings is 1. The maximum atomic E-state index is 12.7. The highest BCUT2D eigenvalue weighted by atomic mass is 35.5. The molecule has 3 heterocycles. The van der Waals surface area contributed by atoms with E-state index in [1.54, 1.807) is 0 Å². The van der Waals surface area contributed by atoms with Crippen LogP contribution in [0.5, 0.6) is 0 Å². The lowest BCUT2D eigenvalue weighted by atomic mass is 10.1. The number of nitrogens with zero attached hydrogens (tertiary/aromatic N) is 4. The molecule has 0 bridgehead atoms. The summed E-state index contributed by atoms with van der Waals surface area (Å²) in [6, 6.07) is 8.48. The van der Waals surface area contributed by atoms with E-state index in [0.29, 0.717) is 11.7 Å². The van der Waals surface area contributed by atoms with Gasteiger partial charge in [-0.2, -0.15) is 0 Å². The molecule has 0 atom stereocenters. The summed E-state index contributed by atoms with van der Waals surface area (Å²) in [4.78, 5) is 15.2. The number of nitrogens with one attached hydrogen (secondary N) is 2. The van der Waals surface area contributed by atoms with Crippen LogP contribution in [0.3, 0.4) is 0 Å². The summed E-state index contributed by atoms with van der Waals surface area (Å²) in [6.45, 7) is 7.46. The van der Waals surface area contributed by atoms with Gasteiger partial charge in [0.2, 0.25) is 0 Å². The van der Waals surface area contributed by atoms with Crippen LogP contribution in [0.4, 0.5) is 5.69 Å². The second-order valence-corrected chi connectivity index (χ2v) is 7.90. The summed E-state index contributed by atoms with van der Waals surface area (Å²) >= 11 is 0. The smallest absolute Gasteiger partial charge is 0.278 e. The molecule has 0 aliphatic carbocycles. The molecule has 2 aliphatic rings. The number of anilines is 1. The third kappa shape index (κ3) is 5.94. The Morgan fingerprint density at radius 3 is 2.47 bits per heavy atom. The Morgan fingerprint density at radius 1 is 1.13 bits per heavy atom. The molecular weight excluding hydrogens is 423 g/mol. The van der Waals surface area contributed by atoms with Crippen LogP contribution in [0.25, 0.3) is 0 Å². The number of rotatable bonds is 6. The maximum absolute atomic E-state index is 12.7. The highest BCUT2D eigenvalue weighted by Crippen LogP contribution is 2.21. The van der Waals surface area contributed by atoms with Gasteiger partial charge in [0.25, 0.3) is 5.91 Å². The normalized spacial score (nSPS) is 17.2. The molecule has 1 amide bonds. The van der Waals surface area contributed by atoms with E-state index < -0.39 is 0 Å². The van der Waals surface area contributed by atoms with Crippen LogP contribution in [0.15, 0.2) is 24.3 Å². The second-order valence-electron chi connectivity index (χ2n) is 7.90. The molecule has 2 aliphatic heterocycles. The van der Waals surface area contributed by atoms with E-state index in [4.69, 9.17) is 0 Å². The Balaban J connectivity index is 0.00000160. The van der Waals surface area contributed by atoms with E-state index in [1.165, 1.54) is 31.5 Å². The van der Waals surface area contributed by atoms with Crippen molar-refractivity contribution >= 4 is 36.4 Å². The zero-order valence-electron chi connectivity index (χ0n) is 17.5. The topological polar surface area (TPSA) is 75.1 Å². The fourth-order valence-electron chi connectivity index (χ4n) is 4.19. The molecule has 0 saturated carbocycles. The lowest BCUT2D eigenvalue weighted by molar-refractivity contribution is 0.102. The number of carbonyl (C=O) groups is 1. The van der Waals surface area contributed by atoms with E-state index in [2.05, 4.69) is 38.0 Å². The predicted octanol–water partition coefficient (Wildman–Crippen LogP) is 3.25. The Morgan fingerprint density at radius 2 is 1.80 bits per heavy atom. The molecule has 0 radical (unpaired) electrons. The number of hydrogen-bond acceptors (Lipinski definition) is 5. The van der Waals surface area contributed by atoms with E-state index >= 15 is 0 Å². The average Bonchev–Trinajstić information content (AvgIpc) is 3.38. The van der Waals surface area contributed by atoms with Crippen LogP contribution in [0.1, 0.15) is 53.5 Å². The molecule has 30 heavy (non-hydrogen) atoms. The summed E-state index contributed by atoms with van der Waals surface area (Å²) < 4.78 is 1.91. The zero-order chi connectivity index (χ0) is 19.3. The predicted molar refractivity (Wildman–Crippen MR) is 124 cm³/mol. The van der Waals surface area contributed by atoms with Crippen LogP contribution in [0.2, 0.25) is 0 Å². The summed E-state index contributed by atoms with van der Waals surface area (Å²) in [5.41, 5.74) is 3.35. The Hall–Kier alpha value is -1.67. The van der Waals surface area contributed by atoms with Gasteiger partial charge in [-0.25, -0.2) is 4.68 Å². The number of carbonyl (C=O) groups excluding carboxylic acids is 1. The van der Waals surface area contributed by atoms with Crippen molar-refractivity contribution in [2.24, 2.45) is 0 Å². The quantitative estimate of drug-likeness (QED) is 0.700. The SMILES string of the molecule is Cc1c(C(=O)Nc2ccc(CCN3CCCC3)cc2)nnn1C1CCNCC1.Cl.Cl. The molecule has 7 nitrogen and oxygen atoms in total. The molecule has 1 aromatic carbocycles. The molecule has 0 spiro atoms. The first kappa shape index (κ1) is 24.6. The second kappa shape index (κ2) is 11.6. The number of piperidine rings is 1. The van der Waals surface area contributed by atoms with Gasteiger partial charge in [-0.3, -0.25) is 4.79 Å². The van der Waals surface area contributed by atoms with Gasteiger partial charge in [0, 0.05) is 12.2 Å². The van der Waals surface area contributed by atoms with Crippen LogP contribution < -0.4 is 10.6 Å². The molecule has 2 fully saturated rings. The van der Waals surface area contributed by atoms with Gasteiger partial charge in [-0.05, 0) is 82.9 Å². The highest BCUT2D eigenvalue weighted by Gasteiger charge is 2.23. The standard InChI is InChI=1S/C21H30N6O.2ClH/c1-16-20(24-25-27(16)19-8-11-22-12-9-19)21(28)23-18-6-4-17(5-7-18)10-15-26-13-2-3-14-26;;/h4-7,19,22H,2-3,8-15H2,1H3,(H,23,28);2*1H. The molecule has 0 unspecified atom stereocenters. The van der Waals surface area contributed by atoms with E-state index in [9.17, 15) is 4.79 Å². The van der Waals surface area contributed by atoms with Gasteiger partial charge in [0.15, 0.2) is 5.69 Å². The van der Waals surface area contributed by atoms with Crippen LogP contribution in [-0.4, -0.2) is 58.5 Å². The zero-order valence-corrected chi connectivity index (χ0v) is 19.1. The van der Waals surface area contributed by atoms with Crippen molar-refractivity contribution in [1.29, 1.82) is 0 Å². The summed E-state index contributed by atoms with van der Waals surface area (Å²) in [5.74, 6) is -0.192. The first-order chi connectivity index (χ1) is 13.7. The van der Waals surface area contributed by atoms with Crippen molar-refractivity contribution in [3.05, 3.63) is 41.2 Å². The minimum atomic E-state index is -0.192. The third-order valence-electron chi connectivity index (χ3n) is 5.92. The van der Waals surface area contributed by atoms with E-state index in [-0.39, 0.29) is 30.7 Å². The van der Waals surface area contributed by atoms with Crippen molar-refractivity contribution in [2.75, 3.05) is 38.0 Å². The van der Waals surface area contributed by atoms with Gasteiger partial charge in [-0.1, -0.05) is 17.3 Å². The summed E-state index contributed by atoms with van der Waals surface area (Å²) in [6.07, 6.45) is 5.74. The largest absolute Gasteiger partial charge is 0.321 e. The monoisotopic (exact) mass is 454 g/mol. The van der Waals surface area contributed by atoms with Gasteiger partial charge in [-0.15, -0.1) is 29.9 Å². The third-order valence-corrected chi connectivity index (χ3v) is 5.92. The number of aromatic nitrogens is 3. The van der Waals surface area contributed by atoms with Gasteiger partial charge in [0.05, 0.1) is 11.7 Å². The number of likely N-dealkylation sites (tertiary alicyclic amines) is 1. The Labute approximate surface area is 190 Å². The van der Waals surface area contributed by atoms with Crippen molar-refractivity contribution in [3.8, 4) is 0 Å². The minimum Gasteiger partial charge on any atom is -0.321 e. The van der Waals surface area contributed by atoms with Crippen molar-refractivity contribution in [3.63, 3.8) is 0 Å². The van der Waals surface area contributed by atoms with Crippen LogP contribution >= 0.6 is 24.8 Å². The first-order valence-electron chi connectivity index (χ1n) is 10.5. The lowest BCUT2D eigenvalue weighted by Gasteiger charge is -2.23. The maximum Gasteiger partial charge on any atom is 0.278 e. The number of hydrogen-bond donors (Lipinski definition) is 2. The van der Waals surface area contributed by atoms with Crippen LogP contribution in [0, 0.1) is 6.92 Å².